The number of benzene rings is 2. The van der Waals surface area contributed by atoms with Crippen molar-refractivity contribution in [2.24, 2.45) is 0 Å². The SMILES string of the molecule is CC1CN(Cc2ccc(-c3cccc(Br)c3)cc2)CCN1CC(=O)O. The molecule has 0 saturated carbocycles. The molecule has 1 fully saturated rings. The monoisotopic (exact) mass is 402 g/mol. The van der Waals surface area contributed by atoms with E-state index in [1.54, 1.807) is 0 Å². The zero-order valence-electron chi connectivity index (χ0n) is 14.4. The van der Waals surface area contributed by atoms with Crippen molar-refractivity contribution in [2.45, 2.75) is 19.5 Å². The lowest BCUT2D eigenvalue weighted by atomic mass is 10.0. The fourth-order valence-electron chi connectivity index (χ4n) is 3.35. The summed E-state index contributed by atoms with van der Waals surface area (Å²) in [5, 5.41) is 8.96. The van der Waals surface area contributed by atoms with Crippen LogP contribution in [0.5, 0.6) is 0 Å². The minimum atomic E-state index is -0.747. The predicted octanol–water partition coefficient (Wildman–Crippen LogP) is 3.71. The van der Waals surface area contributed by atoms with E-state index in [1.165, 1.54) is 16.7 Å². The number of hydrogen-bond acceptors (Lipinski definition) is 3. The first-order chi connectivity index (χ1) is 12.0. The van der Waals surface area contributed by atoms with Gasteiger partial charge in [0.25, 0.3) is 0 Å². The maximum Gasteiger partial charge on any atom is 0.317 e. The molecule has 4 nitrogen and oxygen atoms in total. The molecule has 0 radical (unpaired) electrons. The van der Waals surface area contributed by atoms with Gasteiger partial charge in [-0.1, -0.05) is 52.3 Å². The van der Waals surface area contributed by atoms with Crippen molar-refractivity contribution in [3.8, 4) is 11.1 Å². The molecule has 1 unspecified atom stereocenters. The summed E-state index contributed by atoms with van der Waals surface area (Å²) in [5.41, 5.74) is 3.71. The first-order valence-corrected chi connectivity index (χ1v) is 9.33. The Bertz CT molecular complexity index is 733. The smallest absolute Gasteiger partial charge is 0.317 e. The second kappa shape index (κ2) is 8.13. The average molecular weight is 403 g/mol. The van der Waals surface area contributed by atoms with Crippen LogP contribution in [0.15, 0.2) is 53.0 Å². The van der Waals surface area contributed by atoms with Crippen LogP contribution in [0.25, 0.3) is 11.1 Å². The van der Waals surface area contributed by atoms with Crippen molar-refractivity contribution >= 4 is 21.9 Å². The van der Waals surface area contributed by atoms with Crippen LogP contribution in [0.3, 0.4) is 0 Å². The van der Waals surface area contributed by atoms with Gasteiger partial charge in [-0.3, -0.25) is 14.6 Å². The molecule has 132 valence electrons. The molecule has 0 spiro atoms. The lowest BCUT2D eigenvalue weighted by molar-refractivity contribution is -0.139. The molecule has 3 rings (SSSR count). The van der Waals surface area contributed by atoms with Crippen molar-refractivity contribution in [2.75, 3.05) is 26.2 Å². The minimum absolute atomic E-state index is 0.135. The second-order valence-electron chi connectivity index (χ2n) is 6.66. The highest BCUT2D eigenvalue weighted by Crippen LogP contribution is 2.24. The van der Waals surface area contributed by atoms with Crippen LogP contribution in [0.2, 0.25) is 0 Å². The van der Waals surface area contributed by atoms with Crippen LogP contribution in [0, 0.1) is 0 Å². The van der Waals surface area contributed by atoms with Crippen molar-refractivity contribution in [1.29, 1.82) is 0 Å². The Labute approximate surface area is 157 Å². The molecule has 0 aromatic heterocycles. The first kappa shape index (κ1) is 18.1. The molecule has 25 heavy (non-hydrogen) atoms. The molecule has 1 aliphatic heterocycles. The van der Waals surface area contributed by atoms with E-state index in [9.17, 15) is 4.79 Å². The summed E-state index contributed by atoms with van der Waals surface area (Å²) in [4.78, 5) is 15.3. The van der Waals surface area contributed by atoms with Crippen LogP contribution in [0.4, 0.5) is 0 Å². The van der Waals surface area contributed by atoms with Crippen molar-refractivity contribution in [3.63, 3.8) is 0 Å². The topological polar surface area (TPSA) is 43.8 Å². The van der Waals surface area contributed by atoms with E-state index in [2.05, 4.69) is 64.2 Å². The molecule has 0 aliphatic carbocycles. The average Bonchev–Trinajstić information content (AvgIpc) is 2.58. The van der Waals surface area contributed by atoms with E-state index in [0.717, 1.165) is 30.7 Å². The minimum Gasteiger partial charge on any atom is -0.480 e. The Balaban J connectivity index is 1.60. The molecule has 0 bridgehead atoms. The lowest BCUT2D eigenvalue weighted by Crippen LogP contribution is -2.52. The first-order valence-electron chi connectivity index (χ1n) is 8.54. The number of carboxylic acid groups (broad SMARTS) is 1. The van der Waals surface area contributed by atoms with E-state index in [1.807, 2.05) is 17.0 Å². The van der Waals surface area contributed by atoms with Crippen molar-refractivity contribution in [1.82, 2.24) is 9.80 Å². The third-order valence-corrected chi connectivity index (χ3v) is 5.20. The molecule has 1 atom stereocenters. The van der Waals surface area contributed by atoms with Crippen molar-refractivity contribution in [3.05, 3.63) is 58.6 Å². The number of piperazine rings is 1. The van der Waals surface area contributed by atoms with Gasteiger partial charge in [-0.05, 0) is 35.7 Å². The largest absolute Gasteiger partial charge is 0.480 e. The summed E-state index contributed by atoms with van der Waals surface area (Å²) in [6.07, 6.45) is 0. The van der Waals surface area contributed by atoms with E-state index in [0.29, 0.717) is 0 Å². The normalized spacial score (nSPS) is 19.0. The Morgan fingerprint density at radius 2 is 1.92 bits per heavy atom. The molecule has 1 N–H and O–H groups in total. The molecule has 1 aliphatic rings. The molecular weight excluding hydrogens is 380 g/mol. The molecule has 2 aromatic carbocycles. The third-order valence-electron chi connectivity index (χ3n) is 4.71. The zero-order valence-corrected chi connectivity index (χ0v) is 15.9. The number of halogens is 1. The molecule has 5 heteroatoms. The summed E-state index contributed by atoms with van der Waals surface area (Å²) < 4.78 is 1.09. The van der Waals surface area contributed by atoms with Crippen LogP contribution in [-0.2, 0) is 11.3 Å². The van der Waals surface area contributed by atoms with E-state index < -0.39 is 5.97 Å². The lowest BCUT2D eigenvalue weighted by Gasteiger charge is -2.39. The van der Waals surface area contributed by atoms with Gasteiger partial charge in [0.2, 0.25) is 0 Å². The number of carboxylic acids is 1. The Kier molecular flexibility index (Phi) is 5.89. The fourth-order valence-corrected chi connectivity index (χ4v) is 3.75. The Morgan fingerprint density at radius 3 is 2.56 bits per heavy atom. The van der Waals surface area contributed by atoms with Gasteiger partial charge in [0.05, 0.1) is 6.54 Å². The van der Waals surface area contributed by atoms with Gasteiger partial charge in [0.15, 0.2) is 0 Å². The highest BCUT2D eigenvalue weighted by atomic mass is 79.9. The Morgan fingerprint density at radius 1 is 1.16 bits per heavy atom. The van der Waals surface area contributed by atoms with Gasteiger partial charge >= 0.3 is 5.97 Å². The fraction of sp³-hybridized carbons (Fsp3) is 0.350. The second-order valence-corrected chi connectivity index (χ2v) is 7.57. The van der Waals surface area contributed by atoms with Crippen LogP contribution >= 0.6 is 15.9 Å². The number of rotatable bonds is 5. The van der Waals surface area contributed by atoms with Gasteiger partial charge in [0.1, 0.15) is 0 Å². The van der Waals surface area contributed by atoms with Gasteiger partial charge in [-0.15, -0.1) is 0 Å². The summed E-state index contributed by atoms with van der Waals surface area (Å²) >= 11 is 3.52. The van der Waals surface area contributed by atoms with Gasteiger partial charge in [-0.25, -0.2) is 0 Å². The number of nitrogens with zero attached hydrogens (tertiary/aromatic N) is 2. The number of aliphatic carboxylic acids is 1. The zero-order chi connectivity index (χ0) is 17.8. The molecule has 1 heterocycles. The maximum absolute atomic E-state index is 10.9. The standard InChI is InChI=1S/C20H23BrN2O2/c1-15-12-22(9-10-23(15)14-20(24)25)13-16-5-7-17(8-6-16)18-3-2-4-19(21)11-18/h2-8,11,15H,9-10,12-14H2,1H3,(H,24,25). The number of carbonyl (C=O) groups is 1. The van der Waals surface area contributed by atoms with Crippen molar-refractivity contribution < 1.29 is 9.90 Å². The Hall–Kier alpha value is -1.69. The van der Waals surface area contributed by atoms with Crippen LogP contribution in [0.1, 0.15) is 12.5 Å². The van der Waals surface area contributed by atoms with Crippen LogP contribution in [-0.4, -0.2) is 53.1 Å². The molecule has 1 saturated heterocycles. The van der Waals surface area contributed by atoms with Gasteiger partial charge < -0.3 is 5.11 Å². The summed E-state index contributed by atoms with van der Waals surface area (Å²) in [6, 6.07) is 17.3. The van der Waals surface area contributed by atoms with E-state index in [-0.39, 0.29) is 12.6 Å². The summed E-state index contributed by atoms with van der Waals surface area (Å²) in [7, 11) is 0. The highest BCUT2D eigenvalue weighted by molar-refractivity contribution is 9.10. The third kappa shape index (κ3) is 4.91. The molecule has 0 amide bonds. The summed E-state index contributed by atoms with van der Waals surface area (Å²) in [5.74, 6) is -0.747. The highest BCUT2D eigenvalue weighted by Gasteiger charge is 2.24. The maximum atomic E-state index is 10.9. The molecular formula is C20H23BrN2O2. The van der Waals surface area contributed by atoms with E-state index >= 15 is 0 Å². The molecule has 2 aromatic rings. The van der Waals surface area contributed by atoms with E-state index in [4.69, 9.17) is 5.11 Å². The summed E-state index contributed by atoms with van der Waals surface area (Å²) in [6.45, 7) is 5.76. The van der Waals surface area contributed by atoms with Crippen LogP contribution < -0.4 is 0 Å². The quantitative estimate of drug-likeness (QED) is 0.827. The van der Waals surface area contributed by atoms with Gasteiger partial charge in [-0.2, -0.15) is 0 Å². The number of hydrogen-bond donors (Lipinski definition) is 1. The predicted molar refractivity (Wildman–Crippen MR) is 104 cm³/mol. The van der Waals surface area contributed by atoms with Gasteiger partial charge in [0, 0.05) is 36.7 Å².